The second kappa shape index (κ2) is 20.7. The molecule has 3 heterocycles. The summed E-state index contributed by atoms with van der Waals surface area (Å²) < 4.78 is 0. The van der Waals surface area contributed by atoms with E-state index in [-0.39, 0.29) is 57.7 Å². The molecule has 1 aromatic heterocycles. The molecule has 1 aromatic rings. The molecule has 0 aliphatic carbocycles. The van der Waals surface area contributed by atoms with Crippen molar-refractivity contribution >= 4 is 53.3 Å². The molecule has 0 saturated carbocycles. The van der Waals surface area contributed by atoms with Gasteiger partial charge in [0.15, 0.2) is 12.0 Å². The Hall–Kier alpha value is -5.84. The number of likely N-dealkylation sites (tertiary alicyclic amines) is 2. The summed E-state index contributed by atoms with van der Waals surface area (Å²) in [4.78, 5) is 116. The molecule has 0 radical (unpaired) electrons. The van der Waals surface area contributed by atoms with Crippen LogP contribution < -0.4 is 38.5 Å². The highest BCUT2D eigenvalue weighted by atomic mass is 16.4. The number of carbonyl (C=O) groups excluding carboxylic acids is 6. The van der Waals surface area contributed by atoms with Crippen LogP contribution in [0, 0.1) is 0 Å². The Morgan fingerprint density at radius 2 is 1.50 bits per heavy atom. The van der Waals surface area contributed by atoms with E-state index in [0.29, 0.717) is 18.5 Å². The summed E-state index contributed by atoms with van der Waals surface area (Å²) in [5, 5.41) is 38.5. The summed E-state index contributed by atoms with van der Waals surface area (Å²) >= 11 is 0. The monoisotopic (exact) mass is 792 g/mol. The maximum atomic E-state index is 13.7. The van der Waals surface area contributed by atoms with Crippen LogP contribution in [-0.2, 0) is 44.8 Å². The molecule has 23 nitrogen and oxygen atoms in total. The van der Waals surface area contributed by atoms with Crippen LogP contribution >= 0.6 is 0 Å². The van der Waals surface area contributed by atoms with Crippen LogP contribution in [0.25, 0.3) is 0 Å². The van der Waals surface area contributed by atoms with E-state index in [1.807, 2.05) is 0 Å². The lowest BCUT2D eigenvalue weighted by atomic mass is 10.1. The van der Waals surface area contributed by atoms with Gasteiger partial charge in [-0.1, -0.05) is 0 Å². The Morgan fingerprint density at radius 3 is 2.04 bits per heavy atom. The fourth-order valence-electron chi connectivity index (χ4n) is 6.49. The molecule has 6 amide bonds. The number of carbonyl (C=O) groups is 8. The second-order valence-corrected chi connectivity index (χ2v) is 13.7. The van der Waals surface area contributed by atoms with Gasteiger partial charge in [0.05, 0.1) is 24.9 Å². The summed E-state index contributed by atoms with van der Waals surface area (Å²) in [7, 11) is 0. The Bertz CT molecular complexity index is 1620. The zero-order chi connectivity index (χ0) is 41.7. The van der Waals surface area contributed by atoms with Crippen LogP contribution in [0.2, 0.25) is 0 Å². The number of carboxylic acids is 2. The van der Waals surface area contributed by atoms with Gasteiger partial charge in [0.25, 0.3) is 0 Å². The van der Waals surface area contributed by atoms with Gasteiger partial charge in [0, 0.05) is 37.9 Å². The summed E-state index contributed by atoms with van der Waals surface area (Å²) in [5.74, 6) is -7.64. The second-order valence-electron chi connectivity index (χ2n) is 13.7. The number of nitrogens with zero attached hydrogens (tertiary/aromatic N) is 4. The Morgan fingerprint density at radius 1 is 0.893 bits per heavy atom. The Balaban J connectivity index is 1.67. The Kier molecular flexibility index (Phi) is 16.5. The number of hydrogen-bond donors (Lipinski definition) is 11. The van der Waals surface area contributed by atoms with Crippen molar-refractivity contribution in [1.82, 2.24) is 41.0 Å². The van der Waals surface area contributed by atoms with Gasteiger partial charge in [-0.05, 0) is 52.4 Å². The molecule has 2 aliphatic heterocycles. The molecule has 2 fully saturated rings. The number of aromatic amines is 1. The average molecular weight is 793 g/mol. The number of aliphatic hydroxyl groups is 1. The highest BCUT2D eigenvalue weighted by Crippen LogP contribution is 2.22. The molecule has 0 unspecified atom stereocenters. The molecule has 56 heavy (non-hydrogen) atoms. The van der Waals surface area contributed by atoms with Crippen LogP contribution in [0.5, 0.6) is 0 Å². The summed E-state index contributed by atoms with van der Waals surface area (Å²) in [6, 6.07) is -8.99. The highest BCUT2D eigenvalue weighted by molar-refractivity contribution is 5.98. The summed E-state index contributed by atoms with van der Waals surface area (Å²) in [5.41, 5.74) is 17.2. The fourth-order valence-corrected chi connectivity index (χ4v) is 6.49. The van der Waals surface area contributed by atoms with Crippen LogP contribution in [-0.4, -0.2) is 156 Å². The van der Waals surface area contributed by atoms with Gasteiger partial charge in [0.2, 0.25) is 35.4 Å². The first-order valence-corrected chi connectivity index (χ1v) is 18.1. The van der Waals surface area contributed by atoms with Crippen molar-refractivity contribution < 1.29 is 53.7 Å². The van der Waals surface area contributed by atoms with E-state index in [1.165, 1.54) is 31.3 Å². The summed E-state index contributed by atoms with van der Waals surface area (Å²) in [6.45, 7) is 2.87. The van der Waals surface area contributed by atoms with Crippen molar-refractivity contribution in [2.45, 2.75) is 114 Å². The molecule has 8 atom stereocenters. The van der Waals surface area contributed by atoms with E-state index in [4.69, 9.17) is 17.2 Å². The van der Waals surface area contributed by atoms with Crippen molar-refractivity contribution in [3.05, 3.63) is 18.2 Å². The summed E-state index contributed by atoms with van der Waals surface area (Å²) in [6.07, 6.45) is 1.99. The van der Waals surface area contributed by atoms with E-state index in [0.717, 1.165) is 4.90 Å². The molecule has 0 aromatic carbocycles. The van der Waals surface area contributed by atoms with Crippen molar-refractivity contribution in [2.75, 3.05) is 19.6 Å². The number of guanidine groups is 1. The third-order valence-electron chi connectivity index (χ3n) is 9.36. The Labute approximate surface area is 321 Å². The third-order valence-corrected chi connectivity index (χ3v) is 9.36. The molecule has 2 saturated heterocycles. The van der Waals surface area contributed by atoms with Gasteiger partial charge in [-0.25, -0.2) is 9.78 Å². The first kappa shape index (κ1) is 44.6. The molecule has 310 valence electrons. The van der Waals surface area contributed by atoms with E-state index in [9.17, 15) is 53.7 Å². The van der Waals surface area contributed by atoms with E-state index in [1.54, 1.807) is 0 Å². The SMILES string of the molecule is C[C@H](NC(=O)[C@@H]1CCCN1C(=O)[C@H](CC(=O)O)NC(=O)[C@@H](N)Cc1cnc[nH]1)C(=O)N1CCC[C@H]1C(=O)N[C@@H](CCCN=C(N)N)C(=O)N[C@H](C(=O)O)[C@@H](C)O. The third kappa shape index (κ3) is 12.6. The lowest BCUT2D eigenvalue weighted by molar-refractivity contribution is -0.146. The average Bonchev–Trinajstić information content (AvgIpc) is 3.93. The number of aliphatic hydroxyl groups excluding tert-OH is 1. The standard InChI is InChI=1S/C33H52N12O11/c1-16(40-28(51)22-7-5-11-45(22)31(54)21(13-24(47)48)42-26(49)19(34)12-18-14-37-15-39-18)30(53)44-10-4-8-23(44)29(52)41-20(6-3-9-38-33(35)36)27(50)43-25(17(2)46)32(55)56/h14-17,19-23,25,46H,3-13,34H2,1-2H3,(H,37,39)(H,40,51)(H,41,52)(H,42,49)(H,43,50)(H,47,48)(H,55,56)(H4,35,36,38)/t16-,17+,19-,20-,21-,22-,23-,25-/m0/s1. The van der Waals surface area contributed by atoms with Crippen LogP contribution in [0.3, 0.4) is 0 Å². The lowest BCUT2D eigenvalue weighted by Gasteiger charge is -2.31. The predicted octanol–water partition coefficient (Wildman–Crippen LogP) is -4.79. The first-order chi connectivity index (χ1) is 26.4. The van der Waals surface area contributed by atoms with E-state index >= 15 is 0 Å². The highest BCUT2D eigenvalue weighted by Gasteiger charge is 2.42. The van der Waals surface area contributed by atoms with Crippen LogP contribution in [0.15, 0.2) is 17.5 Å². The minimum Gasteiger partial charge on any atom is -0.481 e. The quantitative estimate of drug-likeness (QED) is 0.0335. The normalized spacial score (nSPS) is 19.7. The molecule has 2 aliphatic rings. The van der Waals surface area contributed by atoms with E-state index < -0.39 is 102 Å². The maximum absolute atomic E-state index is 13.7. The maximum Gasteiger partial charge on any atom is 0.328 e. The van der Waals surface area contributed by atoms with E-state index in [2.05, 4.69) is 36.2 Å². The topological polar surface area (TPSA) is 371 Å². The molecule has 23 heteroatoms. The molecular weight excluding hydrogens is 740 g/mol. The zero-order valence-corrected chi connectivity index (χ0v) is 31.2. The molecule has 3 rings (SSSR count). The fraction of sp³-hybridized carbons (Fsp3) is 0.636. The number of aliphatic imine (C=N–C) groups is 1. The van der Waals surface area contributed by atoms with Gasteiger partial charge in [0.1, 0.15) is 30.2 Å². The number of amides is 6. The van der Waals surface area contributed by atoms with Gasteiger partial charge < -0.3 is 68.6 Å². The number of rotatable bonds is 20. The number of hydrogen-bond acceptors (Lipinski definition) is 12. The lowest BCUT2D eigenvalue weighted by Crippen LogP contribution is -2.59. The van der Waals surface area contributed by atoms with Gasteiger partial charge in [-0.3, -0.25) is 38.6 Å². The van der Waals surface area contributed by atoms with Crippen LogP contribution in [0.4, 0.5) is 0 Å². The van der Waals surface area contributed by atoms with Gasteiger partial charge >= 0.3 is 11.9 Å². The van der Waals surface area contributed by atoms with Crippen molar-refractivity contribution in [3.8, 4) is 0 Å². The number of nitrogens with two attached hydrogens (primary N) is 3. The number of carboxylic acid groups (broad SMARTS) is 2. The molecule has 0 spiro atoms. The number of nitrogens with one attached hydrogen (secondary N) is 5. The largest absolute Gasteiger partial charge is 0.481 e. The van der Waals surface area contributed by atoms with Crippen LogP contribution in [0.1, 0.15) is 64.5 Å². The molecular formula is C33H52N12O11. The number of aliphatic carboxylic acids is 2. The number of aromatic nitrogens is 2. The first-order valence-electron chi connectivity index (χ1n) is 18.1. The van der Waals surface area contributed by atoms with Gasteiger partial charge in [-0.15, -0.1) is 0 Å². The predicted molar refractivity (Wildman–Crippen MR) is 195 cm³/mol. The molecule has 14 N–H and O–H groups in total. The minimum absolute atomic E-state index is 0.0285. The number of H-pyrrole nitrogens is 1. The van der Waals surface area contributed by atoms with Crippen molar-refractivity contribution in [3.63, 3.8) is 0 Å². The van der Waals surface area contributed by atoms with Crippen molar-refractivity contribution in [2.24, 2.45) is 22.2 Å². The minimum atomic E-state index is -1.67. The van der Waals surface area contributed by atoms with Gasteiger partial charge in [-0.2, -0.15) is 0 Å². The smallest absolute Gasteiger partial charge is 0.328 e. The zero-order valence-electron chi connectivity index (χ0n) is 31.2. The number of imidazole rings is 1. The molecule has 0 bridgehead atoms. The van der Waals surface area contributed by atoms with Crippen molar-refractivity contribution in [1.29, 1.82) is 0 Å².